The predicted molar refractivity (Wildman–Crippen MR) is 77.4 cm³/mol. The summed E-state index contributed by atoms with van der Waals surface area (Å²) in [4.78, 5) is 11.7. The number of aromatic hydroxyl groups is 1. The van der Waals surface area contributed by atoms with E-state index in [4.69, 9.17) is 10.00 Å². The van der Waals surface area contributed by atoms with E-state index in [1.807, 2.05) is 6.07 Å². The Morgan fingerprint density at radius 1 is 1.48 bits per heavy atom. The first-order valence-corrected chi connectivity index (χ1v) is 6.20. The fourth-order valence-corrected chi connectivity index (χ4v) is 1.67. The Morgan fingerprint density at radius 3 is 2.83 bits per heavy atom. The number of anilines is 1. The van der Waals surface area contributed by atoms with Crippen molar-refractivity contribution in [1.29, 1.82) is 5.26 Å². The van der Waals surface area contributed by atoms with Crippen molar-refractivity contribution >= 4 is 17.2 Å². The molecule has 1 heterocycles. The maximum Gasteiger partial charge on any atom is 0.341 e. The van der Waals surface area contributed by atoms with Gasteiger partial charge >= 0.3 is 5.97 Å². The molecule has 0 fully saturated rings. The van der Waals surface area contributed by atoms with Crippen molar-refractivity contribution in [2.24, 2.45) is 0 Å². The molecular formula is C13H12N6O4. The summed E-state index contributed by atoms with van der Waals surface area (Å²) < 4.78 is 9.66. The minimum absolute atomic E-state index is 0.0700. The summed E-state index contributed by atoms with van der Waals surface area (Å²) in [6.45, 7) is 0. The summed E-state index contributed by atoms with van der Waals surface area (Å²) in [5.41, 5.74) is 0.127. The molecule has 118 valence electrons. The zero-order chi connectivity index (χ0) is 16.8. The number of phenols is 1. The average Bonchev–Trinajstić information content (AvgIpc) is 3.10. The van der Waals surface area contributed by atoms with Gasteiger partial charge in [-0.3, -0.25) is 0 Å². The number of methoxy groups -OCH3 is 2. The smallest absolute Gasteiger partial charge is 0.341 e. The van der Waals surface area contributed by atoms with Gasteiger partial charge in [0.2, 0.25) is 5.82 Å². The molecule has 1 aromatic heterocycles. The number of tetrazole rings is 1. The molecule has 0 atom stereocenters. The first kappa shape index (κ1) is 15.8. The van der Waals surface area contributed by atoms with Crippen molar-refractivity contribution in [3.05, 3.63) is 29.7 Å². The third-order valence-corrected chi connectivity index (χ3v) is 2.80. The Balaban J connectivity index is 2.39. The van der Waals surface area contributed by atoms with E-state index < -0.39 is 5.97 Å². The third-order valence-electron chi connectivity index (χ3n) is 2.80. The number of allylic oxidation sites excluding steroid dienone is 1. The van der Waals surface area contributed by atoms with Gasteiger partial charge in [0.25, 0.3) is 0 Å². The number of phenolic OH excluding ortho intramolecular Hbond substituents is 1. The van der Waals surface area contributed by atoms with Gasteiger partial charge in [-0.15, -0.1) is 10.2 Å². The van der Waals surface area contributed by atoms with Crippen molar-refractivity contribution in [3.8, 4) is 17.6 Å². The quantitative estimate of drug-likeness (QED) is 0.411. The fraction of sp³-hybridized carbons (Fsp3) is 0.154. The average molecular weight is 316 g/mol. The molecule has 0 spiro atoms. The van der Waals surface area contributed by atoms with Crippen LogP contribution in [0.15, 0.2) is 18.3 Å². The number of hydrogen-bond donors (Lipinski definition) is 3. The van der Waals surface area contributed by atoms with Crippen molar-refractivity contribution in [2.45, 2.75) is 0 Å². The summed E-state index contributed by atoms with van der Waals surface area (Å²) in [5, 5.41) is 34.9. The monoisotopic (exact) mass is 316 g/mol. The highest BCUT2D eigenvalue weighted by atomic mass is 16.5. The fourth-order valence-electron chi connectivity index (χ4n) is 1.67. The van der Waals surface area contributed by atoms with Gasteiger partial charge in [-0.05, 0) is 11.3 Å². The molecule has 0 unspecified atom stereocenters. The lowest BCUT2D eigenvalue weighted by atomic mass is 10.1. The number of aromatic amines is 1. The number of rotatable bonds is 5. The van der Waals surface area contributed by atoms with Crippen LogP contribution in [0.2, 0.25) is 0 Å². The van der Waals surface area contributed by atoms with Crippen LogP contribution in [0.5, 0.6) is 11.5 Å². The Bertz CT molecular complexity index is 779. The Labute approximate surface area is 130 Å². The lowest BCUT2D eigenvalue weighted by molar-refractivity contribution is 0.0597. The standard InChI is InChI=1S/C13H12N6O4/c1-22-8-3-9(13(21)23-2)11(20)10(4-8)15-6-7(5-14)12-16-18-19-17-12/h3-4,6,15,20H,1-2H3,(H,16,17,18,19). The number of carbonyl (C=O) groups excluding carboxylic acids is 1. The summed E-state index contributed by atoms with van der Waals surface area (Å²) in [5.74, 6) is -0.681. The number of benzene rings is 1. The lowest BCUT2D eigenvalue weighted by Gasteiger charge is -2.11. The molecule has 0 bridgehead atoms. The van der Waals surface area contributed by atoms with Crippen molar-refractivity contribution in [2.75, 3.05) is 19.5 Å². The number of nitrogens with one attached hydrogen (secondary N) is 2. The van der Waals surface area contributed by atoms with Crippen molar-refractivity contribution < 1.29 is 19.4 Å². The second-order valence-electron chi connectivity index (χ2n) is 4.11. The van der Waals surface area contributed by atoms with E-state index in [0.29, 0.717) is 5.75 Å². The van der Waals surface area contributed by atoms with Crippen LogP contribution in [-0.2, 0) is 4.74 Å². The van der Waals surface area contributed by atoms with Gasteiger partial charge in [-0.1, -0.05) is 0 Å². The molecule has 0 amide bonds. The third kappa shape index (κ3) is 3.35. The van der Waals surface area contributed by atoms with E-state index in [0.717, 1.165) is 0 Å². The molecule has 2 rings (SSSR count). The molecule has 2 aromatic rings. The van der Waals surface area contributed by atoms with Crippen LogP contribution in [0.3, 0.4) is 0 Å². The van der Waals surface area contributed by atoms with Crippen LogP contribution >= 0.6 is 0 Å². The van der Waals surface area contributed by atoms with Gasteiger partial charge in [0.1, 0.15) is 23.0 Å². The maximum atomic E-state index is 11.7. The maximum absolute atomic E-state index is 11.7. The molecular weight excluding hydrogens is 304 g/mol. The predicted octanol–water partition coefficient (Wildman–Crippen LogP) is 0.677. The van der Waals surface area contributed by atoms with Gasteiger partial charge in [0.15, 0.2) is 5.75 Å². The Kier molecular flexibility index (Phi) is 4.73. The first-order valence-electron chi connectivity index (χ1n) is 6.20. The first-order chi connectivity index (χ1) is 11.1. The largest absolute Gasteiger partial charge is 0.505 e. The van der Waals surface area contributed by atoms with Gasteiger partial charge < -0.3 is 19.9 Å². The number of ether oxygens (including phenoxy) is 2. The Hall–Kier alpha value is -3.61. The van der Waals surface area contributed by atoms with Crippen molar-refractivity contribution in [1.82, 2.24) is 20.6 Å². The molecule has 0 saturated heterocycles. The second-order valence-corrected chi connectivity index (χ2v) is 4.11. The van der Waals surface area contributed by atoms with Gasteiger partial charge in [0, 0.05) is 12.3 Å². The Morgan fingerprint density at radius 2 is 2.26 bits per heavy atom. The number of nitrogens with zero attached hydrogens (tertiary/aromatic N) is 4. The number of H-pyrrole nitrogens is 1. The van der Waals surface area contributed by atoms with Gasteiger partial charge in [-0.2, -0.15) is 10.5 Å². The molecule has 0 radical (unpaired) electrons. The van der Waals surface area contributed by atoms with E-state index in [2.05, 4.69) is 30.7 Å². The van der Waals surface area contributed by atoms with E-state index in [9.17, 15) is 9.90 Å². The van der Waals surface area contributed by atoms with Gasteiger partial charge in [-0.25, -0.2) is 4.79 Å². The normalized spacial score (nSPS) is 10.7. The molecule has 0 aliphatic heterocycles. The summed E-state index contributed by atoms with van der Waals surface area (Å²) >= 11 is 0. The molecule has 10 heteroatoms. The van der Waals surface area contributed by atoms with Crippen LogP contribution in [0.4, 0.5) is 5.69 Å². The zero-order valence-electron chi connectivity index (χ0n) is 12.2. The summed E-state index contributed by atoms with van der Waals surface area (Å²) in [6.07, 6.45) is 1.26. The lowest BCUT2D eigenvalue weighted by Crippen LogP contribution is -2.04. The topological polar surface area (TPSA) is 146 Å². The van der Waals surface area contributed by atoms with Gasteiger partial charge in [0.05, 0.1) is 19.9 Å². The number of nitriles is 1. The molecule has 3 N–H and O–H groups in total. The van der Waals surface area contributed by atoms with Crippen LogP contribution < -0.4 is 10.1 Å². The van der Waals surface area contributed by atoms with E-state index in [1.165, 1.54) is 32.6 Å². The van der Waals surface area contributed by atoms with E-state index >= 15 is 0 Å². The van der Waals surface area contributed by atoms with E-state index in [-0.39, 0.29) is 28.4 Å². The van der Waals surface area contributed by atoms with Crippen LogP contribution in [0.25, 0.3) is 5.57 Å². The molecule has 23 heavy (non-hydrogen) atoms. The highest BCUT2D eigenvalue weighted by molar-refractivity contribution is 5.95. The SMILES string of the molecule is COC(=O)c1cc(OC)cc(NC=C(C#N)c2nn[nH]n2)c1O. The highest BCUT2D eigenvalue weighted by Gasteiger charge is 2.17. The minimum atomic E-state index is -0.730. The summed E-state index contributed by atoms with van der Waals surface area (Å²) in [6, 6.07) is 4.66. The number of aromatic nitrogens is 4. The van der Waals surface area contributed by atoms with Crippen LogP contribution in [0.1, 0.15) is 16.2 Å². The molecule has 0 saturated carbocycles. The number of hydrogen-bond acceptors (Lipinski definition) is 9. The molecule has 10 nitrogen and oxygen atoms in total. The number of esters is 1. The molecule has 0 aliphatic carbocycles. The summed E-state index contributed by atoms with van der Waals surface area (Å²) in [7, 11) is 2.60. The van der Waals surface area contributed by atoms with Crippen LogP contribution in [0, 0.1) is 11.3 Å². The molecule has 1 aromatic carbocycles. The minimum Gasteiger partial charge on any atom is -0.505 e. The van der Waals surface area contributed by atoms with E-state index in [1.54, 1.807) is 0 Å². The zero-order valence-corrected chi connectivity index (χ0v) is 12.2. The van der Waals surface area contributed by atoms with Crippen molar-refractivity contribution in [3.63, 3.8) is 0 Å². The number of carbonyl (C=O) groups is 1. The second kappa shape index (κ2) is 6.90. The van der Waals surface area contributed by atoms with Crippen LogP contribution in [-0.4, -0.2) is 45.9 Å². The highest BCUT2D eigenvalue weighted by Crippen LogP contribution is 2.33. The molecule has 0 aliphatic rings.